The first-order valence-corrected chi connectivity index (χ1v) is 8.00. The highest BCUT2D eigenvalue weighted by atomic mass is 16.6. The third-order valence-corrected chi connectivity index (χ3v) is 4.36. The van der Waals surface area contributed by atoms with E-state index < -0.39 is 5.60 Å². The van der Waals surface area contributed by atoms with Crippen molar-refractivity contribution in [1.29, 1.82) is 0 Å². The zero-order chi connectivity index (χ0) is 16.4. The van der Waals surface area contributed by atoms with E-state index in [4.69, 9.17) is 14.2 Å². The molecule has 0 aromatic heterocycles. The van der Waals surface area contributed by atoms with E-state index in [1.54, 1.807) is 11.8 Å². The molecule has 6 heteroatoms. The Hall–Kier alpha value is -1.30. The first-order valence-electron chi connectivity index (χ1n) is 8.00. The normalized spacial score (nSPS) is 24.4. The van der Waals surface area contributed by atoms with Gasteiger partial charge in [0.25, 0.3) is 0 Å². The van der Waals surface area contributed by atoms with Crippen molar-refractivity contribution >= 4 is 12.1 Å². The minimum absolute atomic E-state index is 0.213. The number of amides is 1. The first-order chi connectivity index (χ1) is 10.3. The van der Waals surface area contributed by atoms with Crippen molar-refractivity contribution in [3.05, 3.63) is 0 Å². The lowest BCUT2D eigenvalue weighted by molar-refractivity contribution is -0.153. The maximum Gasteiger partial charge on any atom is 0.410 e. The fourth-order valence-electron chi connectivity index (χ4n) is 3.29. The van der Waals surface area contributed by atoms with Gasteiger partial charge in [-0.1, -0.05) is 0 Å². The Balaban J connectivity index is 2.14. The van der Waals surface area contributed by atoms with Crippen LogP contribution in [0.25, 0.3) is 0 Å². The highest BCUT2D eigenvalue weighted by Gasteiger charge is 2.53. The Morgan fingerprint density at radius 3 is 2.45 bits per heavy atom. The highest BCUT2D eigenvalue weighted by molar-refractivity contribution is 5.77. The van der Waals surface area contributed by atoms with Gasteiger partial charge in [-0.25, -0.2) is 4.79 Å². The van der Waals surface area contributed by atoms with Gasteiger partial charge in [0.05, 0.1) is 12.5 Å². The molecule has 0 N–H and O–H groups in total. The van der Waals surface area contributed by atoms with E-state index in [1.165, 1.54) is 0 Å². The number of likely N-dealkylation sites (tertiary alicyclic amines) is 1. The van der Waals surface area contributed by atoms with Crippen LogP contribution in [0.4, 0.5) is 4.79 Å². The van der Waals surface area contributed by atoms with E-state index in [1.807, 2.05) is 20.8 Å². The zero-order valence-electron chi connectivity index (χ0n) is 14.0. The molecule has 0 aliphatic carbocycles. The number of hydrogen-bond acceptors (Lipinski definition) is 5. The van der Waals surface area contributed by atoms with E-state index >= 15 is 0 Å². The molecule has 22 heavy (non-hydrogen) atoms. The molecule has 126 valence electrons. The molecular formula is C16H27NO5. The van der Waals surface area contributed by atoms with Crippen LogP contribution in [-0.4, -0.2) is 55.5 Å². The Morgan fingerprint density at radius 1 is 1.27 bits per heavy atom. The van der Waals surface area contributed by atoms with Crippen molar-refractivity contribution in [3.8, 4) is 0 Å². The number of carbonyl (C=O) groups is 2. The van der Waals surface area contributed by atoms with Crippen LogP contribution in [0.3, 0.4) is 0 Å². The van der Waals surface area contributed by atoms with Crippen molar-refractivity contribution in [2.75, 3.05) is 32.9 Å². The van der Waals surface area contributed by atoms with Gasteiger partial charge in [0, 0.05) is 31.7 Å². The van der Waals surface area contributed by atoms with Crippen LogP contribution in [-0.2, 0) is 19.0 Å². The molecule has 2 saturated heterocycles. The molecular weight excluding hydrogens is 286 g/mol. The van der Waals surface area contributed by atoms with Gasteiger partial charge >= 0.3 is 12.1 Å². The molecule has 2 fully saturated rings. The van der Waals surface area contributed by atoms with Crippen LogP contribution >= 0.6 is 0 Å². The fraction of sp³-hybridized carbons (Fsp3) is 0.875. The molecule has 1 spiro atoms. The van der Waals surface area contributed by atoms with Crippen LogP contribution in [0.5, 0.6) is 0 Å². The molecule has 6 nitrogen and oxygen atoms in total. The second-order valence-corrected chi connectivity index (χ2v) is 7.14. The number of hydrogen-bond donors (Lipinski definition) is 0. The van der Waals surface area contributed by atoms with Crippen molar-refractivity contribution in [2.45, 2.75) is 46.1 Å². The van der Waals surface area contributed by atoms with Crippen LogP contribution in [0.15, 0.2) is 0 Å². The monoisotopic (exact) mass is 313 g/mol. The van der Waals surface area contributed by atoms with E-state index in [0.717, 1.165) is 12.8 Å². The van der Waals surface area contributed by atoms with Crippen LogP contribution in [0, 0.1) is 11.3 Å². The molecule has 0 saturated carbocycles. The lowest BCUT2D eigenvalue weighted by Crippen LogP contribution is -2.41. The summed E-state index contributed by atoms with van der Waals surface area (Å²) in [6.45, 7) is 9.83. The number of ether oxygens (including phenoxy) is 3. The second kappa shape index (κ2) is 6.44. The predicted octanol–water partition coefficient (Wildman–Crippen LogP) is 2.21. The van der Waals surface area contributed by atoms with Gasteiger partial charge in [-0.05, 0) is 40.5 Å². The third-order valence-electron chi connectivity index (χ3n) is 4.36. The second-order valence-electron chi connectivity index (χ2n) is 7.14. The predicted molar refractivity (Wildman–Crippen MR) is 80.4 cm³/mol. The van der Waals surface area contributed by atoms with E-state index in [9.17, 15) is 9.59 Å². The molecule has 2 rings (SSSR count). The van der Waals surface area contributed by atoms with E-state index in [0.29, 0.717) is 32.9 Å². The smallest absolute Gasteiger partial charge is 0.410 e. The molecule has 1 atom stereocenters. The number of rotatable bonds is 2. The summed E-state index contributed by atoms with van der Waals surface area (Å²) >= 11 is 0. The standard InChI is InChI=1S/C16H27NO5/c1-5-21-13(18)12-10-17(14(19)22-15(2,3)4)11-16(12)6-8-20-9-7-16/h12H,5-11H2,1-4H3. The molecule has 0 aromatic carbocycles. The Labute approximate surface area is 132 Å². The average Bonchev–Trinajstić information content (AvgIpc) is 2.77. The van der Waals surface area contributed by atoms with Crippen molar-refractivity contribution < 1.29 is 23.8 Å². The Kier molecular flexibility index (Phi) is 5.00. The van der Waals surface area contributed by atoms with Crippen molar-refractivity contribution in [1.82, 2.24) is 4.90 Å². The summed E-state index contributed by atoms with van der Waals surface area (Å²) in [7, 11) is 0. The summed E-state index contributed by atoms with van der Waals surface area (Å²) < 4.78 is 16.1. The van der Waals surface area contributed by atoms with Gasteiger partial charge in [0.2, 0.25) is 0 Å². The maximum atomic E-state index is 12.3. The molecule has 0 aromatic rings. The van der Waals surface area contributed by atoms with E-state index in [2.05, 4.69) is 0 Å². The quantitative estimate of drug-likeness (QED) is 0.731. The fourth-order valence-corrected chi connectivity index (χ4v) is 3.29. The molecule has 2 aliphatic rings. The molecule has 1 amide bonds. The minimum Gasteiger partial charge on any atom is -0.466 e. The molecule has 0 bridgehead atoms. The maximum absolute atomic E-state index is 12.3. The summed E-state index contributed by atoms with van der Waals surface area (Å²) in [5.74, 6) is -0.501. The molecule has 0 radical (unpaired) electrons. The molecule has 2 heterocycles. The Morgan fingerprint density at radius 2 is 1.91 bits per heavy atom. The summed E-state index contributed by atoms with van der Waals surface area (Å²) in [6.07, 6.45) is 1.19. The van der Waals surface area contributed by atoms with Gasteiger partial charge in [0.15, 0.2) is 0 Å². The third kappa shape index (κ3) is 3.72. The SMILES string of the molecule is CCOC(=O)C1CN(C(=O)OC(C)(C)C)CC12CCOCC2. The van der Waals surface area contributed by atoms with Gasteiger partial charge in [0.1, 0.15) is 5.60 Å². The lowest BCUT2D eigenvalue weighted by Gasteiger charge is -2.36. The molecule has 2 aliphatic heterocycles. The summed E-state index contributed by atoms with van der Waals surface area (Å²) in [5, 5.41) is 0. The summed E-state index contributed by atoms with van der Waals surface area (Å²) in [6, 6.07) is 0. The largest absolute Gasteiger partial charge is 0.466 e. The van der Waals surface area contributed by atoms with Crippen LogP contribution < -0.4 is 0 Å². The Bertz CT molecular complexity index is 423. The average molecular weight is 313 g/mol. The van der Waals surface area contributed by atoms with Crippen molar-refractivity contribution in [2.24, 2.45) is 11.3 Å². The number of carbonyl (C=O) groups excluding carboxylic acids is 2. The van der Waals surface area contributed by atoms with Gasteiger partial charge < -0.3 is 19.1 Å². The highest BCUT2D eigenvalue weighted by Crippen LogP contribution is 2.45. The first kappa shape index (κ1) is 17.1. The number of nitrogens with zero attached hydrogens (tertiary/aromatic N) is 1. The van der Waals surface area contributed by atoms with E-state index in [-0.39, 0.29) is 23.4 Å². The van der Waals surface area contributed by atoms with Crippen LogP contribution in [0.2, 0.25) is 0 Å². The topological polar surface area (TPSA) is 65.1 Å². The number of esters is 1. The molecule has 1 unspecified atom stereocenters. The van der Waals surface area contributed by atoms with Crippen LogP contribution in [0.1, 0.15) is 40.5 Å². The van der Waals surface area contributed by atoms with Gasteiger partial charge in [-0.2, -0.15) is 0 Å². The zero-order valence-corrected chi connectivity index (χ0v) is 14.0. The summed E-state index contributed by atoms with van der Waals surface area (Å²) in [5.41, 5.74) is -0.774. The van der Waals surface area contributed by atoms with Gasteiger partial charge in [-0.3, -0.25) is 4.79 Å². The van der Waals surface area contributed by atoms with Gasteiger partial charge in [-0.15, -0.1) is 0 Å². The lowest BCUT2D eigenvalue weighted by atomic mass is 9.72. The minimum atomic E-state index is -0.540. The summed E-state index contributed by atoms with van der Waals surface area (Å²) in [4.78, 5) is 26.3. The van der Waals surface area contributed by atoms with Crippen molar-refractivity contribution in [3.63, 3.8) is 0 Å².